The first-order chi connectivity index (χ1) is 13.2. The van der Waals surface area contributed by atoms with E-state index < -0.39 is 5.41 Å². The summed E-state index contributed by atoms with van der Waals surface area (Å²) in [5.41, 5.74) is -0.545. The molecule has 6 heteroatoms. The first-order valence-corrected chi connectivity index (χ1v) is 11.0. The largest absolute Gasteiger partial charge is 0.465 e. The van der Waals surface area contributed by atoms with E-state index in [1.165, 1.54) is 6.07 Å². The summed E-state index contributed by atoms with van der Waals surface area (Å²) in [6, 6.07) is 1.50. The molecule has 1 rings (SSSR count). The molecule has 1 unspecified atom stereocenters. The van der Waals surface area contributed by atoms with Gasteiger partial charge in [-0.15, -0.1) is 0 Å². The molecule has 1 aromatic heterocycles. The molecule has 0 fully saturated rings. The van der Waals surface area contributed by atoms with Crippen molar-refractivity contribution in [1.29, 1.82) is 0 Å². The Morgan fingerprint density at radius 1 is 1.14 bits per heavy atom. The Balaban J connectivity index is 2.16. The van der Waals surface area contributed by atoms with Crippen LogP contribution in [0.4, 0.5) is 0 Å². The van der Waals surface area contributed by atoms with E-state index in [0.717, 1.165) is 51.5 Å². The summed E-state index contributed by atoms with van der Waals surface area (Å²) in [7, 11) is 0. The van der Waals surface area contributed by atoms with Gasteiger partial charge in [-0.2, -0.15) is 0 Å². The van der Waals surface area contributed by atoms with E-state index in [1.54, 1.807) is 6.20 Å². The highest BCUT2D eigenvalue weighted by Crippen LogP contribution is 2.35. The second-order valence-electron chi connectivity index (χ2n) is 8.73. The van der Waals surface area contributed by atoms with Crippen molar-refractivity contribution in [2.45, 2.75) is 86.1 Å². The molecule has 0 aromatic carbocycles. The minimum absolute atomic E-state index is 0.0474. The highest BCUT2D eigenvalue weighted by atomic mass is 32.1. The van der Waals surface area contributed by atoms with Crippen molar-refractivity contribution in [3.05, 3.63) is 27.4 Å². The highest BCUT2D eigenvalue weighted by Gasteiger charge is 2.38. The molecule has 0 aliphatic rings. The minimum atomic E-state index is -0.392. The van der Waals surface area contributed by atoms with Gasteiger partial charge in [-0.05, 0) is 50.2 Å². The van der Waals surface area contributed by atoms with Crippen molar-refractivity contribution in [3.63, 3.8) is 0 Å². The Kier molecular flexibility index (Phi) is 10.7. The summed E-state index contributed by atoms with van der Waals surface area (Å²) >= 11 is 5.14. The Morgan fingerprint density at radius 2 is 1.75 bits per heavy atom. The number of nitrogens with one attached hydrogen (secondary N) is 1. The quantitative estimate of drug-likeness (QED) is 0.265. The Morgan fingerprint density at radius 3 is 2.32 bits per heavy atom. The van der Waals surface area contributed by atoms with Gasteiger partial charge < -0.3 is 9.30 Å². The van der Waals surface area contributed by atoms with Crippen molar-refractivity contribution < 1.29 is 9.53 Å². The van der Waals surface area contributed by atoms with Gasteiger partial charge in [0.15, 0.2) is 4.77 Å². The molecule has 0 aliphatic heterocycles. The molecule has 5 nitrogen and oxygen atoms in total. The van der Waals surface area contributed by atoms with Gasteiger partial charge in [-0.1, -0.05) is 53.4 Å². The number of unbranched alkanes of at least 4 members (excludes halogenated alkanes) is 5. The molecular formula is C22H38N2O3S. The SMILES string of the molecule is CC(C)CC(C)(C(=O)OCCCCCCCCn1ccc(=O)[nH]c1=S)C(C)C. The number of esters is 1. The maximum atomic E-state index is 12.5. The zero-order valence-corrected chi connectivity index (χ0v) is 19.1. The number of aromatic amines is 1. The lowest BCUT2D eigenvalue weighted by Crippen LogP contribution is -2.36. The molecule has 0 aliphatic carbocycles. The van der Waals surface area contributed by atoms with Crippen LogP contribution in [0.15, 0.2) is 17.1 Å². The van der Waals surface area contributed by atoms with Crippen LogP contribution in [0.3, 0.4) is 0 Å². The van der Waals surface area contributed by atoms with E-state index in [-0.39, 0.29) is 17.4 Å². The maximum absolute atomic E-state index is 12.5. The summed E-state index contributed by atoms with van der Waals surface area (Å²) in [6.07, 6.45) is 9.07. The third-order valence-corrected chi connectivity index (χ3v) is 5.83. The molecule has 0 radical (unpaired) electrons. The third-order valence-electron chi connectivity index (χ3n) is 5.50. The first kappa shape index (κ1) is 24.6. The van der Waals surface area contributed by atoms with Crippen molar-refractivity contribution in [2.75, 3.05) is 6.61 Å². The van der Waals surface area contributed by atoms with Crippen molar-refractivity contribution in [3.8, 4) is 0 Å². The van der Waals surface area contributed by atoms with Crippen LogP contribution in [0.2, 0.25) is 0 Å². The molecular weight excluding hydrogens is 372 g/mol. The van der Waals surface area contributed by atoms with Crippen LogP contribution in [-0.2, 0) is 16.1 Å². The van der Waals surface area contributed by atoms with Gasteiger partial charge >= 0.3 is 5.97 Å². The van der Waals surface area contributed by atoms with Crippen molar-refractivity contribution >= 4 is 18.2 Å². The van der Waals surface area contributed by atoms with Crippen LogP contribution in [0.1, 0.15) is 79.6 Å². The molecule has 28 heavy (non-hydrogen) atoms. The van der Waals surface area contributed by atoms with Gasteiger partial charge in [0.25, 0.3) is 5.56 Å². The number of rotatable bonds is 13. The molecule has 0 saturated heterocycles. The Labute approximate surface area is 174 Å². The molecule has 1 N–H and O–H groups in total. The van der Waals surface area contributed by atoms with Crippen LogP contribution in [0.25, 0.3) is 0 Å². The molecule has 1 atom stereocenters. The van der Waals surface area contributed by atoms with Gasteiger partial charge in [0.1, 0.15) is 0 Å². The minimum Gasteiger partial charge on any atom is -0.465 e. The monoisotopic (exact) mass is 410 g/mol. The number of aromatic nitrogens is 2. The van der Waals surface area contributed by atoms with E-state index in [0.29, 0.717) is 17.3 Å². The highest BCUT2D eigenvalue weighted by molar-refractivity contribution is 7.71. The molecule has 0 spiro atoms. The smallest absolute Gasteiger partial charge is 0.312 e. The van der Waals surface area contributed by atoms with E-state index in [9.17, 15) is 9.59 Å². The van der Waals surface area contributed by atoms with Crippen LogP contribution < -0.4 is 5.56 Å². The second-order valence-corrected chi connectivity index (χ2v) is 9.12. The van der Waals surface area contributed by atoms with Crippen LogP contribution in [-0.4, -0.2) is 22.1 Å². The summed E-state index contributed by atoms with van der Waals surface area (Å²) in [5.74, 6) is 0.707. The predicted octanol–water partition coefficient (Wildman–Crippen LogP) is 5.50. The normalized spacial score (nSPS) is 13.7. The molecule has 160 valence electrons. The number of ether oxygens (including phenoxy) is 1. The lowest BCUT2D eigenvalue weighted by Gasteiger charge is -2.32. The standard InChI is InChI=1S/C22H38N2O3S/c1-17(2)16-22(5,18(3)4)20(26)27-15-11-9-7-6-8-10-13-24-14-12-19(25)23-21(24)28/h12,14,17-18H,6-11,13,15-16H2,1-5H3,(H,23,25,28). The maximum Gasteiger partial charge on any atom is 0.312 e. The lowest BCUT2D eigenvalue weighted by atomic mass is 9.73. The van der Waals surface area contributed by atoms with Crippen LogP contribution in [0.5, 0.6) is 0 Å². The Bertz CT molecular complexity index is 708. The Hall–Kier alpha value is -1.43. The molecule has 0 saturated carbocycles. The summed E-state index contributed by atoms with van der Waals surface area (Å²) in [5, 5.41) is 0. The van der Waals surface area contributed by atoms with E-state index in [2.05, 4.69) is 32.7 Å². The van der Waals surface area contributed by atoms with Gasteiger partial charge in [0.05, 0.1) is 12.0 Å². The van der Waals surface area contributed by atoms with Gasteiger partial charge in [-0.25, -0.2) is 0 Å². The average Bonchev–Trinajstić information content (AvgIpc) is 2.60. The van der Waals surface area contributed by atoms with Gasteiger partial charge in [0, 0.05) is 18.8 Å². The molecule has 1 heterocycles. The fraction of sp³-hybridized carbons (Fsp3) is 0.773. The number of hydrogen-bond donors (Lipinski definition) is 1. The molecule has 1 aromatic rings. The zero-order chi connectivity index (χ0) is 21.2. The first-order valence-electron chi connectivity index (χ1n) is 10.6. The number of H-pyrrole nitrogens is 1. The van der Waals surface area contributed by atoms with E-state index >= 15 is 0 Å². The fourth-order valence-corrected chi connectivity index (χ4v) is 3.70. The number of aryl methyl sites for hydroxylation is 1. The van der Waals surface area contributed by atoms with Gasteiger partial charge in [-0.3, -0.25) is 14.6 Å². The van der Waals surface area contributed by atoms with E-state index in [4.69, 9.17) is 17.0 Å². The van der Waals surface area contributed by atoms with Crippen LogP contribution in [0, 0.1) is 22.0 Å². The number of nitrogens with zero attached hydrogens (tertiary/aromatic N) is 1. The fourth-order valence-electron chi connectivity index (χ4n) is 3.44. The number of carbonyl (C=O) groups is 1. The average molecular weight is 411 g/mol. The van der Waals surface area contributed by atoms with Crippen molar-refractivity contribution in [1.82, 2.24) is 9.55 Å². The van der Waals surface area contributed by atoms with Crippen LogP contribution >= 0.6 is 12.2 Å². The molecule has 0 bridgehead atoms. The molecule has 0 amide bonds. The second kappa shape index (κ2) is 12.2. The lowest BCUT2D eigenvalue weighted by molar-refractivity contribution is -0.159. The number of hydrogen-bond acceptors (Lipinski definition) is 4. The third kappa shape index (κ3) is 8.29. The van der Waals surface area contributed by atoms with Crippen molar-refractivity contribution in [2.24, 2.45) is 17.3 Å². The zero-order valence-electron chi connectivity index (χ0n) is 18.3. The van der Waals surface area contributed by atoms with Gasteiger partial charge in [0.2, 0.25) is 0 Å². The summed E-state index contributed by atoms with van der Waals surface area (Å²) < 4.78 is 7.98. The number of carbonyl (C=O) groups excluding carboxylic acids is 1. The summed E-state index contributed by atoms with van der Waals surface area (Å²) in [6.45, 7) is 11.9. The van der Waals surface area contributed by atoms with E-state index in [1.807, 2.05) is 11.5 Å². The topological polar surface area (TPSA) is 64.1 Å². The summed E-state index contributed by atoms with van der Waals surface area (Å²) in [4.78, 5) is 26.3. The predicted molar refractivity (Wildman–Crippen MR) is 117 cm³/mol.